The zero-order valence-corrected chi connectivity index (χ0v) is 19.9. The SMILES string of the molecule is CCC(C)(C)n1nnnc1C(c1ccc(N(C)C)cc1)N1CCN(c2ccccc2)CC1. The Bertz CT molecular complexity index is 987. The van der Waals surface area contributed by atoms with Crippen molar-refractivity contribution < 1.29 is 0 Å². The Morgan fingerprint density at radius 2 is 1.59 bits per heavy atom. The molecule has 170 valence electrons. The van der Waals surface area contributed by atoms with E-state index in [2.05, 4.69) is 120 Å². The molecule has 2 aromatic carbocycles. The van der Waals surface area contributed by atoms with Crippen LogP contribution in [0.1, 0.15) is 44.6 Å². The molecule has 1 aromatic heterocycles. The lowest BCUT2D eigenvalue weighted by Gasteiger charge is -2.40. The molecule has 7 nitrogen and oxygen atoms in total. The molecule has 7 heteroatoms. The van der Waals surface area contributed by atoms with Crippen LogP contribution in [0.4, 0.5) is 11.4 Å². The fourth-order valence-corrected chi connectivity index (χ4v) is 4.30. The summed E-state index contributed by atoms with van der Waals surface area (Å²) >= 11 is 0. The van der Waals surface area contributed by atoms with E-state index in [1.165, 1.54) is 16.9 Å². The molecule has 3 aromatic rings. The highest BCUT2D eigenvalue weighted by Gasteiger charge is 2.34. The number of aromatic nitrogens is 4. The summed E-state index contributed by atoms with van der Waals surface area (Å²) in [5.74, 6) is 0.919. The number of rotatable bonds is 7. The first-order valence-corrected chi connectivity index (χ1v) is 11.5. The van der Waals surface area contributed by atoms with Crippen LogP contribution in [-0.2, 0) is 5.54 Å². The summed E-state index contributed by atoms with van der Waals surface area (Å²) in [4.78, 5) is 7.11. The molecule has 2 heterocycles. The van der Waals surface area contributed by atoms with Gasteiger partial charge in [0.05, 0.1) is 11.6 Å². The molecular formula is C25H35N7. The quantitative estimate of drug-likeness (QED) is 0.565. The number of hydrogen-bond acceptors (Lipinski definition) is 6. The van der Waals surface area contributed by atoms with Gasteiger partial charge in [0, 0.05) is 51.6 Å². The Morgan fingerprint density at radius 3 is 2.19 bits per heavy atom. The van der Waals surface area contributed by atoms with Gasteiger partial charge >= 0.3 is 0 Å². The molecule has 1 fully saturated rings. The molecular weight excluding hydrogens is 398 g/mol. The van der Waals surface area contributed by atoms with Crippen molar-refractivity contribution in [1.29, 1.82) is 0 Å². The molecule has 1 saturated heterocycles. The number of tetrazole rings is 1. The van der Waals surface area contributed by atoms with Crippen LogP contribution < -0.4 is 9.80 Å². The fraction of sp³-hybridized carbons (Fsp3) is 0.480. The Labute approximate surface area is 191 Å². The summed E-state index contributed by atoms with van der Waals surface area (Å²) in [7, 11) is 4.14. The van der Waals surface area contributed by atoms with Gasteiger partial charge in [0.15, 0.2) is 5.82 Å². The van der Waals surface area contributed by atoms with Crippen LogP contribution in [0.25, 0.3) is 0 Å². The maximum atomic E-state index is 4.55. The molecule has 0 amide bonds. The maximum absolute atomic E-state index is 4.55. The zero-order chi connectivity index (χ0) is 22.7. The molecule has 0 aliphatic carbocycles. The van der Waals surface area contributed by atoms with E-state index in [4.69, 9.17) is 0 Å². The fourth-order valence-electron chi connectivity index (χ4n) is 4.30. The number of benzene rings is 2. The molecule has 4 rings (SSSR count). The third-order valence-corrected chi connectivity index (χ3v) is 6.70. The summed E-state index contributed by atoms with van der Waals surface area (Å²) in [5.41, 5.74) is 3.56. The Kier molecular flexibility index (Phi) is 6.46. The molecule has 0 spiro atoms. The lowest BCUT2D eigenvalue weighted by Crippen LogP contribution is -2.48. The topological polar surface area (TPSA) is 53.3 Å². The lowest BCUT2D eigenvalue weighted by molar-refractivity contribution is 0.187. The minimum absolute atomic E-state index is 0.0185. The first-order valence-electron chi connectivity index (χ1n) is 11.5. The number of nitrogens with zero attached hydrogens (tertiary/aromatic N) is 7. The van der Waals surface area contributed by atoms with Crippen LogP contribution in [-0.4, -0.2) is 65.4 Å². The van der Waals surface area contributed by atoms with Crippen molar-refractivity contribution in [2.75, 3.05) is 50.1 Å². The second-order valence-electron chi connectivity index (χ2n) is 9.36. The van der Waals surface area contributed by atoms with Crippen molar-refractivity contribution in [2.45, 2.75) is 38.8 Å². The molecule has 0 N–H and O–H groups in total. The number of para-hydroxylation sites is 1. The molecule has 1 atom stereocenters. The molecule has 1 aliphatic rings. The summed E-state index contributed by atoms with van der Waals surface area (Å²) < 4.78 is 2.03. The smallest absolute Gasteiger partial charge is 0.173 e. The molecule has 0 saturated carbocycles. The first-order chi connectivity index (χ1) is 15.4. The summed E-state index contributed by atoms with van der Waals surface area (Å²) in [6, 6.07) is 19.5. The van der Waals surface area contributed by atoms with Crippen LogP contribution >= 0.6 is 0 Å². The minimum atomic E-state index is -0.146. The van der Waals surface area contributed by atoms with Crippen LogP contribution in [0, 0.1) is 0 Å². The molecule has 0 radical (unpaired) electrons. The van der Waals surface area contributed by atoms with E-state index in [0.717, 1.165) is 38.4 Å². The predicted octanol–water partition coefficient (Wildman–Crippen LogP) is 3.80. The highest BCUT2D eigenvalue weighted by atomic mass is 15.6. The van der Waals surface area contributed by atoms with Gasteiger partial charge in [-0.3, -0.25) is 4.90 Å². The monoisotopic (exact) mass is 433 g/mol. The summed E-state index contributed by atoms with van der Waals surface area (Å²) in [6.07, 6.45) is 0.957. The van der Waals surface area contributed by atoms with E-state index in [-0.39, 0.29) is 11.6 Å². The largest absolute Gasteiger partial charge is 0.378 e. The third kappa shape index (κ3) is 4.48. The highest BCUT2D eigenvalue weighted by Crippen LogP contribution is 2.33. The Morgan fingerprint density at radius 1 is 0.938 bits per heavy atom. The number of hydrogen-bond donors (Lipinski definition) is 0. The normalized spacial score (nSPS) is 16.2. The van der Waals surface area contributed by atoms with Gasteiger partial charge in [-0.05, 0) is 60.5 Å². The summed E-state index contributed by atoms with van der Waals surface area (Å²) in [5, 5.41) is 13.1. The van der Waals surface area contributed by atoms with Crippen molar-refractivity contribution in [3.8, 4) is 0 Å². The number of piperazine rings is 1. The van der Waals surface area contributed by atoms with Gasteiger partial charge in [0.1, 0.15) is 0 Å². The van der Waals surface area contributed by atoms with E-state index in [9.17, 15) is 0 Å². The molecule has 32 heavy (non-hydrogen) atoms. The van der Waals surface area contributed by atoms with E-state index >= 15 is 0 Å². The van der Waals surface area contributed by atoms with E-state index in [1.807, 2.05) is 4.68 Å². The van der Waals surface area contributed by atoms with Crippen molar-refractivity contribution in [3.05, 3.63) is 66.0 Å². The predicted molar refractivity (Wildman–Crippen MR) is 130 cm³/mol. The van der Waals surface area contributed by atoms with Gasteiger partial charge in [0.25, 0.3) is 0 Å². The van der Waals surface area contributed by atoms with E-state index in [1.54, 1.807) is 0 Å². The lowest BCUT2D eigenvalue weighted by atomic mass is 9.98. The van der Waals surface area contributed by atoms with Crippen molar-refractivity contribution in [3.63, 3.8) is 0 Å². The average molecular weight is 434 g/mol. The van der Waals surface area contributed by atoms with E-state index < -0.39 is 0 Å². The second-order valence-corrected chi connectivity index (χ2v) is 9.36. The van der Waals surface area contributed by atoms with Crippen molar-refractivity contribution >= 4 is 11.4 Å². The van der Waals surface area contributed by atoms with Gasteiger partial charge in [0.2, 0.25) is 0 Å². The highest BCUT2D eigenvalue weighted by molar-refractivity contribution is 5.48. The van der Waals surface area contributed by atoms with Gasteiger partial charge in [-0.2, -0.15) is 0 Å². The average Bonchev–Trinajstić information content (AvgIpc) is 3.31. The van der Waals surface area contributed by atoms with Crippen LogP contribution in [0.2, 0.25) is 0 Å². The molecule has 1 aliphatic heterocycles. The van der Waals surface area contributed by atoms with Crippen LogP contribution in [0.5, 0.6) is 0 Å². The second kappa shape index (κ2) is 9.28. The first kappa shape index (κ1) is 22.3. The van der Waals surface area contributed by atoms with Crippen molar-refractivity contribution in [1.82, 2.24) is 25.1 Å². The van der Waals surface area contributed by atoms with Gasteiger partial charge in [-0.25, -0.2) is 4.68 Å². The molecule has 1 unspecified atom stereocenters. The summed E-state index contributed by atoms with van der Waals surface area (Å²) in [6.45, 7) is 10.5. The van der Waals surface area contributed by atoms with Crippen LogP contribution in [0.15, 0.2) is 54.6 Å². The zero-order valence-electron chi connectivity index (χ0n) is 19.9. The molecule has 0 bridgehead atoms. The van der Waals surface area contributed by atoms with Crippen LogP contribution in [0.3, 0.4) is 0 Å². The van der Waals surface area contributed by atoms with Gasteiger partial charge < -0.3 is 9.80 Å². The standard InChI is InChI=1S/C25H35N7/c1-6-25(2,3)32-24(26-27-28-32)23(20-12-14-21(15-13-20)29(4)5)31-18-16-30(17-19-31)22-10-8-7-9-11-22/h7-15,23H,6,16-19H2,1-5H3. The maximum Gasteiger partial charge on any atom is 0.173 e. The van der Waals surface area contributed by atoms with Crippen molar-refractivity contribution in [2.24, 2.45) is 0 Å². The van der Waals surface area contributed by atoms with Gasteiger partial charge in [-0.1, -0.05) is 37.3 Å². The number of anilines is 2. The van der Waals surface area contributed by atoms with E-state index in [0.29, 0.717) is 0 Å². The van der Waals surface area contributed by atoms with Gasteiger partial charge in [-0.15, -0.1) is 5.10 Å². The Hall–Kier alpha value is -2.93. The third-order valence-electron chi connectivity index (χ3n) is 6.70. The Balaban J connectivity index is 1.66. The minimum Gasteiger partial charge on any atom is -0.378 e.